The van der Waals surface area contributed by atoms with Crippen LogP contribution in [0.1, 0.15) is 26.6 Å². The van der Waals surface area contributed by atoms with Gasteiger partial charge in [0.15, 0.2) is 0 Å². The largest absolute Gasteiger partial charge is 0.347 e. The zero-order valence-corrected chi connectivity index (χ0v) is 11.3. The van der Waals surface area contributed by atoms with Gasteiger partial charge in [-0.2, -0.15) is 0 Å². The predicted molar refractivity (Wildman–Crippen MR) is 67.5 cm³/mol. The second-order valence-corrected chi connectivity index (χ2v) is 5.22. The molecule has 0 radical (unpaired) electrons. The van der Waals surface area contributed by atoms with Crippen LogP contribution in [0.25, 0.3) is 0 Å². The first kappa shape index (κ1) is 14.2. The van der Waals surface area contributed by atoms with Crippen LogP contribution in [0.2, 0.25) is 0 Å². The number of H-pyrrole nitrogens is 1. The molecular formula is C12H20N4O2. The number of hydrogen-bond donors (Lipinski definition) is 2. The Balaban J connectivity index is 2.39. The maximum absolute atomic E-state index is 11.8. The molecule has 2 N–H and O–H groups in total. The number of nitrogens with zero attached hydrogens (tertiary/aromatic N) is 2. The highest BCUT2D eigenvalue weighted by atomic mass is 16.2. The van der Waals surface area contributed by atoms with Crippen molar-refractivity contribution in [3.63, 3.8) is 0 Å². The average molecular weight is 252 g/mol. The van der Waals surface area contributed by atoms with E-state index in [1.54, 1.807) is 40.2 Å². The average Bonchev–Trinajstić information content (AvgIpc) is 2.76. The summed E-state index contributed by atoms with van der Waals surface area (Å²) >= 11 is 0. The molecule has 0 spiro atoms. The van der Waals surface area contributed by atoms with Crippen molar-refractivity contribution < 1.29 is 9.59 Å². The normalized spacial score (nSPS) is 11.1. The third-order valence-corrected chi connectivity index (χ3v) is 2.45. The second-order valence-electron chi connectivity index (χ2n) is 5.22. The third kappa shape index (κ3) is 4.20. The van der Waals surface area contributed by atoms with E-state index in [0.717, 1.165) is 0 Å². The molecule has 0 aliphatic heterocycles. The first-order chi connectivity index (χ1) is 8.30. The molecule has 1 aromatic rings. The topological polar surface area (TPSA) is 78.1 Å². The summed E-state index contributed by atoms with van der Waals surface area (Å²) in [6.45, 7) is 5.82. The van der Waals surface area contributed by atoms with E-state index < -0.39 is 5.41 Å². The van der Waals surface area contributed by atoms with Crippen LogP contribution in [-0.4, -0.2) is 40.3 Å². The Morgan fingerprint density at radius 1 is 1.44 bits per heavy atom. The van der Waals surface area contributed by atoms with E-state index in [4.69, 9.17) is 0 Å². The molecule has 0 atom stereocenters. The summed E-state index contributed by atoms with van der Waals surface area (Å²) in [7, 11) is 1.67. The Hall–Kier alpha value is -1.85. The fourth-order valence-electron chi connectivity index (χ4n) is 1.25. The summed E-state index contributed by atoms with van der Waals surface area (Å²) < 4.78 is 0. The molecule has 0 unspecified atom stereocenters. The molecule has 0 saturated heterocycles. The zero-order valence-electron chi connectivity index (χ0n) is 11.3. The maximum atomic E-state index is 11.8. The molecule has 6 nitrogen and oxygen atoms in total. The number of hydrogen-bond acceptors (Lipinski definition) is 3. The molecule has 0 fully saturated rings. The number of carbonyl (C=O) groups is 2. The number of aromatic amines is 1. The van der Waals surface area contributed by atoms with Crippen LogP contribution in [0, 0.1) is 5.41 Å². The van der Waals surface area contributed by atoms with Crippen LogP contribution in [-0.2, 0) is 16.1 Å². The highest BCUT2D eigenvalue weighted by molar-refractivity contribution is 5.87. The van der Waals surface area contributed by atoms with Crippen molar-refractivity contribution in [1.82, 2.24) is 20.2 Å². The van der Waals surface area contributed by atoms with Crippen LogP contribution < -0.4 is 5.32 Å². The predicted octanol–water partition coefficient (Wildman–Crippen LogP) is 0.530. The van der Waals surface area contributed by atoms with Crippen LogP contribution >= 0.6 is 0 Å². The van der Waals surface area contributed by atoms with Gasteiger partial charge in [0.2, 0.25) is 11.8 Å². The molecule has 18 heavy (non-hydrogen) atoms. The minimum atomic E-state index is -0.486. The fraction of sp³-hybridized carbons (Fsp3) is 0.583. The lowest BCUT2D eigenvalue weighted by Gasteiger charge is -2.20. The Bertz CT molecular complexity index is 406. The van der Waals surface area contributed by atoms with Crippen molar-refractivity contribution in [2.24, 2.45) is 5.41 Å². The standard InChI is InChI=1S/C12H20N4O2/c1-12(2,3)11(18)15-7-10(17)16(4)8-9-13-5-6-14-9/h5-6H,7-8H2,1-4H3,(H,13,14)(H,15,18). The SMILES string of the molecule is CN(Cc1ncc[nH]1)C(=O)CNC(=O)C(C)(C)C. The van der Waals surface area contributed by atoms with Gasteiger partial charge in [0.05, 0.1) is 13.1 Å². The number of carbonyl (C=O) groups excluding carboxylic acids is 2. The van der Waals surface area contributed by atoms with Gasteiger partial charge in [-0.15, -0.1) is 0 Å². The molecule has 100 valence electrons. The van der Waals surface area contributed by atoms with Crippen LogP contribution in [0.5, 0.6) is 0 Å². The van der Waals surface area contributed by atoms with Crippen molar-refractivity contribution in [1.29, 1.82) is 0 Å². The molecule has 6 heteroatoms. The lowest BCUT2D eigenvalue weighted by Crippen LogP contribution is -2.42. The summed E-state index contributed by atoms with van der Waals surface area (Å²) in [4.78, 5) is 31.9. The van der Waals surface area contributed by atoms with Crippen molar-refractivity contribution in [3.8, 4) is 0 Å². The Labute approximate surface area is 107 Å². The van der Waals surface area contributed by atoms with Gasteiger partial charge < -0.3 is 15.2 Å². The number of nitrogens with one attached hydrogen (secondary N) is 2. The summed E-state index contributed by atoms with van der Waals surface area (Å²) in [6, 6.07) is 0. The smallest absolute Gasteiger partial charge is 0.242 e. The van der Waals surface area contributed by atoms with Gasteiger partial charge >= 0.3 is 0 Å². The van der Waals surface area contributed by atoms with E-state index in [-0.39, 0.29) is 18.4 Å². The minimum Gasteiger partial charge on any atom is -0.347 e. The number of imidazole rings is 1. The van der Waals surface area contributed by atoms with E-state index in [9.17, 15) is 9.59 Å². The number of rotatable bonds is 4. The summed E-state index contributed by atoms with van der Waals surface area (Å²) in [5, 5.41) is 2.62. The Morgan fingerprint density at radius 2 is 2.11 bits per heavy atom. The summed E-state index contributed by atoms with van der Waals surface area (Å²) in [5.41, 5.74) is -0.486. The van der Waals surface area contributed by atoms with Crippen LogP contribution in [0.15, 0.2) is 12.4 Å². The van der Waals surface area contributed by atoms with Gasteiger partial charge in [-0.05, 0) is 0 Å². The van der Waals surface area contributed by atoms with Gasteiger partial charge in [0.25, 0.3) is 0 Å². The summed E-state index contributed by atoms with van der Waals surface area (Å²) in [5.74, 6) is 0.430. The van der Waals surface area contributed by atoms with Crippen LogP contribution in [0.4, 0.5) is 0 Å². The van der Waals surface area contributed by atoms with E-state index >= 15 is 0 Å². The van der Waals surface area contributed by atoms with E-state index in [0.29, 0.717) is 12.4 Å². The van der Waals surface area contributed by atoms with Gasteiger partial charge in [-0.3, -0.25) is 9.59 Å². The van der Waals surface area contributed by atoms with Crippen molar-refractivity contribution >= 4 is 11.8 Å². The monoisotopic (exact) mass is 252 g/mol. The van der Waals surface area contributed by atoms with Crippen LogP contribution in [0.3, 0.4) is 0 Å². The van der Waals surface area contributed by atoms with Gasteiger partial charge in [-0.1, -0.05) is 20.8 Å². The van der Waals surface area contributed by atoms with E-state index in [1.165, 1.54) is 4.90 Å². The molecule has 0 saturated carbocycles. The first-order valence-electron chi connectivity index (χ1n) is 5.81. The quantitative estimate of drug-likeness (QED) is 0.820. The molecule has 2 amide bonds. The first-order valence-corrected chi connectivity index (χ1v) is 5.81. The minimum absolute atomic E-state index is 0.00725. The third-order valence-electron chi connectivity index (χ3n) is 2.45. The summed E-state index contributed by atoms with van der Waals surface area (Å²) in [6.07, 6.45) is 3.34. The Kier molecular flexibility index (Phi) is 4.47. The number of likely N-dealkylation sites (N-methyl/N-ethyl adjacent to an activating group) is 1. The van der Waals surface area contributed by atoms with E-state index in [2.05, 4.69) is 15.3 Å². The molecular weight excluding hydrogens is 232 g/mol. The van der Waals surface area contributed by atoms with Crippen molar-refractivity contribution in [2.75, 3.05) is 13.6 Å². The molecule has 0 aromatic carbocycles. The molecule has 1 aromatic heterocycles. The molecule has 0 bridgehead atoms. The van der Waals surface area contributed by atoms with Gasteiger partial charge in [0.1, 0.15) is 5.82 Å². The van der Waals surface area contributed by atoms with Crippen molar-refractivity contribution in [2.45, 2.75) is 27.3 Å². The highest BCUT2D eigenvalue weighted by Crippen LogP contribution is 2.12. The number of aromatic nitrogens is 2. The van der Waals surface area contributed by atoms with E-state index in [1.807, 2.05) is 0 Å². The zero-order chi connectivity index (χ0) is 13.8. The van der Waals surface area contributed by atoms with Gasteiger partial charge in [-0.25, -0.2) is 4.98 Å². The van der Waals surface area contributed by atoms with Crippen molar-refractivity contribution in [3.05, 3.63) is 18.2 Å². The second kappa shape index (κ2) is 5.66. The Morgan fingerprint density at radius 3 is 2.61 bits per heavy atom. The number of amides is 2. The van der Waals surface area contributed by atoms with Gasteiger partial charge in [0, 0.05) is 24.9 Å². The lowest BCUT2D eigenvalue weighted by molar-refractivity contribution is -0.134. The lowest BCUT2D eigenvalue weighted by atomic mass is 9.96. The fourth-order valence-corrected chi connectivity index (χ4v) is 1.25. The molecule has 1 rings (SSSR count). The highest BCUT2D eigenvalue weighted by Gasteiger charge is 2.22. The maximum Gasteiger partial charge on any atom is 0.242 e. The molecule has 0 aliphatic carbocycles. The molecule has 0 aliphatic rings. The molecule has 1 heterocycles.